The highest BCUT2D eigenvalue weighted by atomic mass is 79.9. The normalized spacial score (nSPS) is 12.4. The van der Waals surface area contributed by atoms with Gasteiger partial charge in [0.15, 0.2) is 0 Å². The van der Waals surface area contributed by atoms with Crippen molar-refractivity contribution in [2.75, 3.05) is 0 Å². The van der Waals surface area contributed by atoms with Crippen LogP contribution < -0.4 is 5.32 Å². The fourth-order valence-electron chi connectivity index (χ4n) is 1.92. The second kappa shape index (κ2) is 6.26. The molecule has 2 aromatic carbocycles. The first-order valence-electron chi connectivity index (χ1n) is 5.99. The van der Waals surface area contributed by atoms with Gasteiger partial charge in [0.2, 0.25) is 0 Å². The lowest BCUT2D eigenvalue weighted by Gasteiger charge is -2.16. The summed E-state index contributed by atoms with van der Waals surface area (Å²) in [5.41, 5.74) is 1.70. The Bertz CT molecular complexity index is 552. The lowest BCUT2D eigenvalue weighted by molar-refractivity contribution is 0.553. The molecular formula is C15H14BrF2N. The molecule has 0 aliphatic rings. The molecule has 0 heterocycles. The fraction of sp³-hybridized carbons (Fsp3) is 0.200. The molecular weight excluding hydrogens is 312 g/mol. The van der Waals surface area contributed by atoms with E-state index in [1.165, 1.54) is 12.1 Å². The molecule has 1 atom stereocenters. The maximum absolute atomic E-state index is 13.1. The Morgan fingerprint density at radius 3 is 2.37 bits per heavy atom. The number of hydrogen-bond donors (Lipinski definition) is 1. The molecule has 4 heteroatoms. The summed E-state index contributed by atoms with van der Waals surface area (Å²) >= 11 is 3.49. The van der Waals surface area contributed by atoms with Crippen molar-refractivity contribution in [2.45, 2.75) is 19.5 Å². The first-order chi connectivity index (χ1) is 9.06. The molecule has 0 fully saturated rings. The molecule has 0 spiro atoms. The van der Waals surface area contributed by atoms with Crippen molar-refractivity contribution in [3.05, 3.63) is 69.7 Å². The highest BCUT2D eigenvalue weighted by Gasteiger charge is 2.08. The van der Waals surface area contributed by atoms with Crippen molar-refractivity contribution < 1.29 is 8.78 Å². The minimum absolute atomic E-state index is 0.0851. The maximum Gasteiger partial charge on any atom is 0.126 e. The molecule has 0 saturated heterocycles. The highest BCUT2D eigenvalue weighted by Crippen LogP contribution is 2.23. The zero-order valence-electron chi connectivity index (χ0n) is 10.5. The van der Waals surface area contributed by atoms with Gasteiger partial charge in [0.1, 0.15) is 11.6 Å². The van der Waals surface area contributed by atoms with E-state index in [-0.39, 0.29) is 6.04 Å². The topological polar surface area (TPSA) is 12.0 Å². The van der Waals surface area contributed by atoms with Crippen molar-refractivity contribution in [2.24, 2.45) is 0 Å². The predicted octanol–water partition coefficient (Wildman–Crippen LogP) is 4.58. The first-order valence-corrected chi connectivity index (χ1v) is 6.78. The largest absolute Gasteiger partial charge is 0.306 e. The molecule has 2 aromatic rings. The first kappa shape index (κ1) is 14.2. The van der Waals surface area contributed by atoms with E-state index < -0.39 is 11.6 Å². The SMILES string of the molecule is C[C@H](NCc1cc(F)cc(F)c1)c1ccccc1Br. The van der Waals surface area contributed by atoms with Crippen molar-refractivity contribution in [3.63, 3.8) is 0 Å². The van der Waals surface area contributed by atoms with Crippen molar-refractivity contribution in [1.82, 2.24) is 5.32 Å². The summed E-state index contributed by atoms with van der Waals surface area (Å²) in [4.78, 5) is 0. The minimum Gasteiger partial charge on any atom is -0.306 e. The molecule has 0 aliphatic heterocycles. The average Bonchev–Trinajstić information content (AvgIpc) is 2.35. The molecule has 0 aliphatic carbocycles. The quantitative estimate of drug-likeness (QED) is 0.867. The average molecular weight is 326 g/mol. The number of nitrogens with one attached hydrogen (secondary N) is 1. The van der Waals surface area contributed by atoms with Gasteiger partial charge in [-0.3, -0.25) is 0 Å². The van der Waals surface area contributed by atoms with Gasteiger partial charge in [-0.05, 0) is 36.2 Å². The van der Waals surface area contributed by atoms with E-state index in [1.807, 2.05) is 31.2 Å². The van der Waals surface area contributed by atoms with Crippen molar-refractivity contribution in [1.29, 1.82) is 0 Å². The molecule has 0 amide bonds. The van der Waals surface area contributed by atoms with E-state index in [1.54, 1.807) is 0 Å². The van der Waals surface area contributed by atoms with Gasteiger partial charge in [-0.1, -0.05) is 34.1 Å². The van der Waals surface area contributed by atoms with Crippen LogP contribution in [0.5, 0.6) is 0 Å². The highest BCUT2D eigenvalue weighted by molar-refractivity contribution is 9.10. The Morgan fingerprint density at radius 2 is 1.74 bits per heavy atom. The standard InChI is InChI=1S/C15H14BrF2N/c1-10(14-4-2-3-5-15(14)16)19-9-11-6-12(17)8-13(18)7-11/h2-8,10,19H,9H2,1H3/t10-/m0/s1. The molecule has 2 rings (SSSR count). The molecule has 1 nitrogen and oxygen atoms in total. The van der Waals surface area contributed by atoms with Gasteiger partial charge in [0.25, 0.3) is 0 Å². The second-order valence-electron chi connectivity index (χ2n) is 4.40. The number of benzene rings is 2. The van der Waals surface area contributed by atoms with Crippen LogP contribution in [0.4, 0.5) is 8.78 Å². The van der Waals surface area contributed by atoms with Gasteiger partial charge in [-0.2, -0.15) is 0 Å². The lowest BCUT2D eigenvalue weighted by Crippen LogP contribution is -2.18. The minimum atomic E-state index is -0.551. The van der Waals surface area contributed by atoms with E-state index >= 15 is 0 Å². The third kappa shape index (κ3) is 3.85. The van der Waals surface area contributed by atoms with Gasteiger partial charge in [-0.15, -0.1) is 0 Å². The fourth-order valence-corrected chi connectivity index (χ4v) is 2.55. The van der Waals surface area contributed by atoms with Crippen LogP contribution in [0.25, 0.3) is 0 Å². The summed E-state index contributed by atoms with van der Waals surface area (Å²) < 4.78 is 27.1. The molecule has 0 unspecified atom stereocenters. The Hall–Kier alpha value is -1.26. The zero-order chi connectivity index (χ0) is 13.8. The van der Waals surface area contributed by atoms with Gasteiger partial charge in [0.05, 0.1) is 0 Å². The third-order valence-corrected chi connectivity index (χ3v) is 3.63. The zero-order valence-corrected chi connectivity index (χ0v) is 12.0. The van der Waals surface area contributed by atoms with Crippen LogP contribution >= 0.6 is 15.9 Å². The third-order valence-electron chi connectivity index (χ3n) is 2.91. The number of halogens is 3. The van der Waals surface area contributed by atoms with E-state index in [0.717, 1.165) is 16.1 Å². The molecule has 1 N–H and O–H groups in total. The van der Waals surface area contributed by atoms with Crippen molar-refractivity contribution in [3.8, 4) is 0 Å². The number of rotatable bonds is 4. The van der Waals surface area contributed by atoms with Gasteiger partial charge < -0.3 is 5.32 Å². The summed E-state index contributed by atoms with van der Waals surface area (Å²) in [5, 5.41) is 3.25. The summed E-state index contributed by atoms with van der Waals surface area (Å²) in [6.45, 7) is 2.42. The molecule has 100 valence electrons. The summed E-state index contributed by atoms with van der Waals surface area (Å²) in [7, 11) is 0. The van der Waals surface area contributed by atoms with E-state index in [9.17, 15) is 8.78 Å². The van der Waals surface area contributed by atoms with Crippen LogP contribution in [-0.2, 0) is 6.54 Å². The molecule has 0 saturated carbocycles. The Labute approximate surface area is 119 Å². The Morgan fingerprint density at radius 1 is 1.11 bits per heavy atom. The molecule has 0 aromatic heterocycles. The van der Waals surface area contributed by atoms with E-state index in [4.69, 9.17) is 0 Å². The summed E-state index contributed by atoms with van der Waals surface area (Å²) in [5.74, 6) is -1.10. The van der Waals surface area contributed by atoms with Gasteiger partial charge >= 0.3 is 0 Å². The van der Waals surface area contributed by atoms with Crippen LogP contribution in [0.2, 0.25) is 0 Å². The Kier molecular flexibility index (Phi) is 4.66. The lowest BCUT2D eigenvalue weighted by atomic mass is 10.1. The predicted molar refractivity (Wildman–Crippen MR) is 75.8 cm³/mol. The summed E-state index contributed by atoms with van der Waals surface area (Å²) in [6.07, 6.45) is 0. The van der Waals surface area contributed by atoms with Crippen LogP contribution in [0.3, 0.4) is 0 Å². The summed E-state index contributed by atoms with van der Waals surface area (Å²) in [6, 6.07) is 11.5. The van der Waals surface area contributed by atoms with Crippen LogP contribution in [0, 0.1) is 11.6 Å². The monoisotopic (exact) mass is 325 g/mol. The van der Waals surface area contributed by atoms with E-state index in [2.05, 4.69) is 21.2 Å². The smallest absolute Gasteiger partial charge is 0.126 e. The maximum atomic E-state index is 13.1. The van der Waals surface area contributed by atoms with Crippen molar-refractivity contribution >= 4 is 15.9 Å². The van der Waals surface area contributed by atoms with Crippen LogP contribution in [0.15, 0.2) is 46.9 Å². The van der Waals surface area contributed by atoms with Gasteiger partial charge in [0, 0.05) is 23.1 Å². The van der Waals surface area contributed by atoms with Gasteiger partial charge in [-0.25, -0.2) is 8.78 Å². The number of hydrogen-bond acceptors (Lipinski definition) is 1. The molecule has 0 bridgehead atoms. The molecule has 19 heavy (non-hydrogen) atoms. The van der Waals surface area contributed by atoms with E-state index in [0.29, 0.717) is 12.1 Å². The second-order valence-corrected chi connectivity index (χ2v) is 5.26. The molecule has 0 radical (unpaired) electrons. The van der Waals surface area contributed by atoms with Crippen LogP contribution in [0.1, 0.15) is 24.1 Å². The van der Waals surface area contributed by atoms with Crippen LogP contribution in [-0.4, -0.2) is 0 Å². The Balaban J connectivity index is 2.04.